The zero-order valence-corrected chi connectivity index (χ0v) is 17.3. The summed E-state index contributed by atoms with van der Waals surface area (Å²) in [7, 11) is 0. The Labute approximate surface area is 178 Å². The minimum atomic E-state index is -0.549. The highest BCUT2D eigenvalue weighted by Gasteiger charge is 2.62. The average Bonchev–Trinajstić information content (AvgIpc) is 3.14. The Hall–Kier alpha value is -1.94. The van der Waals surface area contributed by atoms with Crippen LogP contribution in [0.4, 0.5) is 0 Å². The fraction of sp³-hybridized carbons (Fsp3) is 0.481. The molecule has 1 atom stereocenters. The van der Waals surface area contributed by atoms with Gasteiger partial charge in [0.25, 0.3) is 0 Å². The van der Waals surface area contributed by atoms with E-state index in [1.54, 1.807) is 0 Å². The van der Waals surface area contributed by atoms with E-state index in [0.717, 1.165) is 29.4 Å². The highest BCUT2D eigenvalue weighted by molar-refractivity contribution is 5.79. The molecule has 1 heterocycles. The lowest BCUT2D eigenvalue weighted by Gasteiger charge is -2.60. The van der Waals surface area contributed by atoms with Crippen LogP contribution in [0.25, 0.3) is 16.7 Å². The zero-order chi connectivity index (χ0) is 19.9. The topological polar surface area (TPSA) is 27.7 Å². The first-order valence-corrected chi connectivity index (χ1v) is 11.6. The van der Waals surface area contributed by atoms with Crippen LogP contribution >= 0.6 is 0 Å². The van der Waals surface area contributed by atoms with Gasteiger partial charge < -0.3 is 4.74 Å². The van der Waals surface area contributed by atoms with Crippen LogP contribution in [-0.2, 0) is 20.9 Å². The van der Waals surface area contributed by atoms with E-state index in [-0.39, 0.29) is 6.10 Å². The number of hydrogen-bond acceptors (Lipinski definition) is 3. The standard InChI is InChI=1S/C27H28O3/c1-16(19-6-7-25-21(13-19)14-20-4-2-3-5-24(20)25)26-15-28-30-27(29-26)22-9-17-8-18(11-22)12-23(27)10-17/h2-7,13,17-18,22-23,26H,1,8-12,14-15H2. The van der Waals surface area contributed by atoms with E-state index in [1.807, 2.05) is 0 Å². The van der Waals surface area contributed by atoms with Crippen molar-refractivity contribution in [1.82, 2.24) is 0 Å². The first-order chi connectivity index (χ1) is 14.7. The van der Waals surface area contributed by atoms with Crippen molar-refractivity contribution < 1.29 is 14.5 Å². The Morgan fingerprint density at radius 2 is 1.60 bits per heavy atom. The molecule has 2 aromatic rings. The van der Waals surface area contributed by atoms with Crippen molar-refractivity contribution >= 4 is 5.57 Å². The van der Waals surface area contributed by atoms with Crippen molar-refractivity contribution in [2.45, 2.75) is 50.4 Å². The molecule has 2 aromatic carbocycles. The van der Waals surface area contributed by atoms with Gasteiger partial charge in [0.15, 0.2) is 0 Å². The van der Waals surface area contributed by atoms with Gasteiger partial charge >= 0.3 is 0 Å². The smallest absolute Gasteiger partial charge is 0.207 e. The molecule has 3 nitrogen and oxygen atoms in total. The van der Waals surface area contributed by atoms with Gasteiger partial charge in [0, 0.05) is 11.8 Å². The van der Waals surface area contributed by atoms with Gasteiger partial charge in [-0.05, 0) is 83.8 Å². The zero-order valence-electron chi connectivity index (χ0n) is 17.3. The van der Waals surface area contributed by atoms with Crippen molar-refractivity contribution in [3.63, 3.8) is 0 Å². The normalized spacial score (nSPS) is 37.9. The third-order valence-electron chi connectivity index (χ3n) is 8.56. The van der Waals surface area contributed by atoms with Crippen LogP contribution in [0, 0.1) is 23.7 Å². The molecule has 1 aliphatic heterocycles. The molecule has 8 rings (SSSR count). The van der Waals surface area contributed by atoms with Gasteiger partial charge in [0.2, 0.25) is 5.79 Å². The number of fused-ring (bicyclic) bond motifs is 3. The number of ether oxygens (including phenoxy) is 1. The van der Waals surface area contributed by atoms with E-state index in [0.29, 0.717) is 18.4 Å². The van der Waals surface area contributed by atoms with Gasteiger partial charge in [0.05, 0.1) is 0 Å². The molecule has 0 aromatic heterocycles. The lowest BCUT2D eigenvalue weighted by Crippen LogP contribution is -2.63. The summed E-state index contributed by atoms with van der Waals surface area (Å²) in [4.78, 5) is 11.8. The highest BCUT2D eigenvalue weighted by atomic mass is 17.2. The summed E-state index contributed by atoms with van der Waals surface area (Å²) in [6.45, 7) is 4.88. The lowest BCUT2D eigenvalue weighted by atomic mass is 9.53. The lowest BCUT2D eigenvalue weighted by molar-refractivity contribution is -0.515. The summed E-state index contributed by atoms with van der Waals surface area (Å²) < 4.78 is 6.80. The fourth-order valence-electron chi connectivity index (χ4n) is 7.34. The number of rotatable bonds is 2. The third kappa shape index (κ3) is 2.43. The molecule has 1 saturated heterocycles. The van der Waals surface area contributed by atoms with Gasteiger partial charge in [-0.2, -0.15) is 0 Å². The summed E-state index contributed by atoms with van der Waals surface area (Å²) in [5.74, 6) is 2.13. The Balaban J connectivity index is 1.17. The van der Waals surface area contributed by atoms with Crippen molar-refractivity contribution in [3.05, 3.63) is 65.7 Å². The van der Waals surface area contributed by atoms with Crippen molar-refractivity contribution in [2.75, 3.05) is 6.61 Å². The minimum Gasteiger partial charge on any atom is -0.336 e. The SMILES string of the molecule is C=C(c1ccc2c(c1)Cc1ccccc1-2)C1COOC2(O1)C1CC3CC(C1)CC2C3. The van der Waals surface area contributed by atoms with E-state index in [4.69, 9.17) is 14.5 Å². The predicted octanol–water partition coefficient (Wildman–Crippen LogP) is 5.77. The molecule has 0 N–H and O–H groups in total. The van der Waals surface area contributed by atoms with E-state index in [2.05, 4.69) is 49.0 Å². The van der Waals surface area contributed by atoms with Crippen LogP contribution in [0.5, 0.6) is 0 Å². The average molecular weight is 401 g/mol. The largest absolute Gasteiger partial charge is 0.336 e. The van der Waals surface area contributed by atoms with Gasteiger partial charge in [0.1, 0.15) is 12.7 Å². The Bertz CT molecular complexity index is 1010. The molecule has 5 aliphatic carbocycles. The van der Waals surface area contributed by atoms with Crippen molar-refractivity contribution in [1.29, 1.82) is 0 Å². The fourth-order valence-corrected chi connectivity index (χ4v) is 7.34. The third-order valence-corrected chi connectivity index (χ3v) is 8.56. The van der Waals surface area contributed by atoms with E-state index in [1.165, 1.54) is 54.4 Å². The van der Waals surface area contributed by atoms with Crippen LogP contribution in [0.15, 0.2) is 49.0 Å². The molecule has 1 unspecified atom stereocenters. The molecular weight excluding hydrogens is 372 g/mol. The maximum Gasteiger partial charge on any atom is 0.207 e. The second-order valence-electron chi connectivity index (χ2n) is 10.2. The Morgan fingerprint density at radius 1 is 0.867 bits per heavy atom. The van der Waals surface area contributed by atoms with Gasteiger partial charge in [-0.1, -0.05) is 49.0 Å². The molecule has 6 aliphatic rings. The van der Waals surface area contributed by atoms with Crippen molar-refractivity contribution in [2.24, 2.45) is 23.7 Å². The van der Waals surface area contributed by atoms with Crippen LogP contribution in [0.1, 0.15) is 48.8 Å². The monoisotopic (exact) mass is 400 g/mol. The molecule has 4 saturated carbocycles. The summed E-state index contributed by atoms with van der Waals surface area (Å²) in [6, 6.07) is 15.5. The van der Waals surface area contributed by atoms with E-state index < -0.39 is 5.79 Å². The number of hydrogen-bond donors (Lipinski definition) is 0. The molecule has 1 spiro atoms. The quantitative estimate of drug-likeness (QED) is 0.511. The Kier molecular flexibility index (Phi) is 3.71. The first kappa shape index (κ1) is 17.7. The van der Waals surface area contributed by atoms with Gasteiger partial charge in [-0.15, -0.1) is 0 Å². The molecule has 154 valence electrons. The summed E-state index contributed by atoms with van der Waals surface area (Å²) in [5, 5.41) is 0. The first-order valence-electron chi connectivity index (χ1n) is 11.6. The molecule has 30 heavy (non-hydrogen) atoms. The van der Waals surface area contributed by atoms with E-state index in [9.17, 15) is 0 Å². The molecule has 0 amide bonds. The number of benzene rings is 2. The molecule has 3 heteroatoms. The second-order valence-corrected chi connectivity index (χ2v) is 10.2. The van der Waals surface area contributed by atoms with Crippen LogP contribution in [0.2, 0.25) is 0 Å². The second kappa shape index (κ2) is 6.29. The predicted molar refractivity (Wildman–Crippen MR) is 115 cm³/mol. The molecule has 4 bridgehead atoms. The van der Waals surface area contributed by atoms with Gasteiger partial charge in [-0.25, -0.2) is 9.78 Å². The molecule has 5 fully saturated rings. The minimum absolute atomic E-state index is 0.141. The molecular formula is C27H28O3. The summed E-state index contributed by atoms with van der Waals surface area (Å²) in [5.41, 5.74) is 7.69. The van der Waals surface area contributed by atoms with E-state index >= 15 is 0 Å². The molecule has 0 radical (unpaired) electrons. The van der Waals surface area contributed by atoms with Gasteiger partial charge in [-0.3, -0.25) is 0 Å². The highest BCUT2D eigenvalue weighted by Crippen LogP contribution is 2.61. The summed E-state index contributed by atoms with van der Waals surface area (Å²) in [6.07, 6.45) is 7.18. The maximum absolute atomic E-state index is 6.80. The van der Waals surface area contributed by atoms with Crippen LogP contribution < -0.4 is 0 Å². The van der Waals surface area contributed by atoms with Crippen LogP contribution in [0.3, 0.4) is 0 Å². The van der Waals surface area contributed by atoms with Crippen LogP contribution in [-0.4, -0.2) is 18.5 Å². The van der Waals surface area contributed by atoms with Crippen molar-refractivity contribution in [3.8, 4) is 11.1 Å². The Morgan fingerprint density at radius 3 is 2.40 bits per heavy atom. The maximum atomic E-state index is 6.80. The summed E-state index contributed by atoms with van der Waals surface area (Å²) >= 11 is 0.